The van der Waals surface area contributed by atoms with Gasteiger partial charge in [-0.15, -0.1) is 0 Å². The van der Waals surface area contributed by atoms with Crippen LogP contribution in [0.2, 0.25) is 0 Å². The second-order valence-corrected chi connectivity index (χ2v) is 4.96. The number of hydrogen-bond acceptors (Lipinski definition) is 3. The number of benzene rings is 1. The molecule has 2 aromatic rings. The third-order valence-corrected chi connectivity index (χ3v) is 3.46. The molecule has 0 fully saturated rings. The first-order valence-corrected chi connectivity index (χ1v) is 6.82. The Hall–Kier alpha value is -2.69. The average Bonchev–Trinajstić information content (AvgIpc) is 2.53. The van der Waals surface area contributed by atoms with Gasteiger partial charge >= 0.3 is 0 Å². The van der Waals surface area contributed by atoms with Crippen LogP contribution in [-0.4, -0.2) is 16.8 Å². The normalized spacial score (nSPS) is 13.2. The molecule has 1 aliphatic rings. The fraction of sp³-hybridized carbons (Fsp3) is 0.188. The molecule has 0 bridgehead atoms. The van der Waals surface area contributed by atoms with Gasteiger partial charge in [0, 0.05) is 36.6 Å². The van der Waals surface area contributed by atoms with Crippen molar-refractivity contribution >= 4 is 17.5 Å². The smallest absolute Gasteiger partial charge is 0.251 e. The van der Waals surface area contributed by atoms with Crippen LogP contribution in [-0.2, 0) is 17.8 Å². The number of carbonyl (C=O) groups excluding carboxylic acids is 2. The second kappa shape index (κ2) is 5.75. The van der Waals surface area contributed by atoms with Gasteiger partial charge in [0.15, 0.2) is 0 Å². The minimum atomic E-state index is -0.122. The number of pyridine rings is 1. The van der Waals surface area contributed by atoms with E-state index in [1.165, 1.54) is 0 Å². The molecule has 0 aliphatic carbocycles. The summed E-state index contributed by atoms with van der Waals surface area (Å²) in [6.07, 6.45) is 4.44. The predicted octanol–water partition coefficient (Wildman–Crippen LogP) is 1.90. The number of amides is 2. The number of hydrogen-bond donors (Lipinski definition) is 2. The summed E-state index contributed by atoms with van der Waals surface area (Å²) < 4.78 is 0. The van der Waals surface area contributed by atoms with Gasteiger partial charge in [0.1, 0.15) is 0 Å². The predicted molar refractivity (Wildman–Crippen MR) is 78.8 cm³/mol. The van der Waals surface area contributed by atoms with Gasteiger partial charge in [-0.2, -0.15) is 0 Å². The molecule has 0 unspecified atom stereocenters. The lowest BCUT2D eigenvalue weighted by molar-refractivity contribution is -0.116. The molecule has 1 aromatic carbocycles. The van der Waals surface area contributed by atoms with Gasteiger partial charge in [0.25, 0.3) is 5.91 Å². The summed E-state index contributed by atoms with van der Waals surface area (Å²) in [5.41, 5.74) is 3.60. The van der Waals surface area contributed by atoms with Crippen LogP contribution in [0.1, 0.15) is 27.9 Å². The number of aromatic nitrogens is 1. The summed E-state index contributed by atoms with van der Waals surface area (Å²) in [5.74, 6) is -0.0651. The molecular formula is C16H15N3O2. The van der Waals surface area contributed by atoms with Gasteiger partial charge in [-0.05, 0) is 35.7 Å². The lowest BCUT2D eigenvalue weighted by Gasteiger charge is -2.17. The molecule has 0 saturated heterocycles. The molecule has 5 nitrogen and oxygen atoms in total. The monoisotopic (exact) mass is 281 g/mol. The number of rotatable bonds is 3. The SMILES string of the molecule is O=C1CCc2cc(CNC(=O)c3ccncc3)ccc2N1. The molecule has 0 atom stereocenters. The van der Waals surface area contributed by atoms with Crippen molar-refractivity contribution < 1.29 is 9.59 Å². The number of nitrogens with zero attached hydrogens (tertiary/aromatic N) is 1. The molecule has 0 radical (unpaired) electrons. The Balaban J connectivity index is 1.66. The Morgan fingerprint density at radius 3 is 2.81 bits per heavy atom. The molecule has 3 rings (SSSR count). The van der Waals surface area contributed by atoms with Crippen molar-refractivity contribution in [2.75, 3.05) is 5.32 Å². The molecular weight excluding hydrogens is 266 g/mol. The first-order valence-electron chi connectivity index (χ1n) is 6.82. The van der Waals surface area contributed by atoms with E-state index in [1.54, 1.807) is 24.5 Å². The summed E-state index contributed by atoms with van der Waals surface area (Å²) >= 11 is 0. The zero-order valence-electron chi connectivity index (χ0n) is 11.4. The van der Waals surface area contributed by atoms with Crippen LogP contribution in [0.4, 0.5) is 5.69 Å². The van der Waals surface area contributed by atoms with E-state index in [4.69, 9.17) is 0 Å². The third-order valence-electron chi connectivity index (χ3n) is 3.46. The van der Waals surface area contributed by atoms with Crippen LogP contribution in [0.3, 0.4) is 0 Å². The summed E-state index contributed by atoms with van der Waals surface area (Å²) in [6, 6.07) is 9.19. The van der Waals surface area contributed by atoms with Crippen LogP contribution in [0.25, 0.3) is 0 Å². The van der Waals surface area contributed by atoms with E-state index in [1.807, 2.05) is 18.2 Å². The fourth-order valence-electron chi connectivity index (χ4n) is 2.33. The van der Waals surface area contributed by atoms with Crippen LogP contribution < -0.4 is 10.6 Å². The largest absolute Gasteiger partial charge is 0.348 e. The Morgan fingerprint density at radius 1 is 1.19 bits per heavy atom. The standard InChI is InChI=1S/C16H15N3O2/c20-15-4-2-13-9-11(1-3-14(13)19-15)10-18-16(21)12-5-7-17-8-6-12/h1,3,5-9H,2,4,10H2,(H,18,21)(H,19,20). The highest BCUT2D eigenvalue weighted by atomic mass is 16.2. The molecule has 21 heavy (non-hydrogen) atoms. The van der Waals surface area contributed by atoms with Crippen molar-refractivity contribution in [1.29, 1.82) is 0 Å². The molecule has 2 amide bonds. The van der Waals surface area contributed by atoms with Crippen molar-refractivity contribution in [3.63, 3.8) is 0 Å². The minimum Gasteiger partial charge on any atom is -0.348 e. The molecule has 5 heteroatoms. The average molecular weight is 281 g/mol. The van der Waals surface area contributed by atoms with Crippen LogP contribution in [0.15, 0.2) is 42.7 Å². The lowest BCUT2D eigenvalue weighted by atomic mass is 10.0. The number of carbonyl (C=O) groups is 2. The van der Waals surface area contributed by atoms with E-state index < -0.39 is 0 Å². The summed E-state index contributed by atoms with van der Waals surface area (Å²) in [7, 11) is 0. The number of fused-ring (bicyclic) bond motifs is 1. The lowest BCUT2D eigenvalue weighted by Crippen LogP contribution is -2.23. The highest BCUT2D eigenvalue weighted by molar-refractivity contribution is 5.94. The maximum Gasteiger partial charge on any atom is 0.251 e. The first-order chi connectivity index (χ1) is 10.2. The van der Waals surface area contributed by atoms with Crippen LogP contribution in [0.5, 0.6) is 0 Å². The molecule has 2 heterocycles. The first kappa shape index (κ1) is 13.3. The zero-order valence-corrected chi connectivity index (χ0v) is 11.4. The van der Waals surface area contributed by atoms with E-state index in [9.17, 15) is 9.59 Å². The Kier molecular flexibility index (Phi) is 3.64. The molecule has 1 aromatic heterocycles. The van der Waals surface area contributed by atoms with Crippen molar-refractivity contribution in [2.24, 2.45) is 0 Å². The van der Waals surface area contributed by atoms with Gasteiger partial charge in [0.2, 0.25) is 5.91 Å². The Bertz CT molecular complexity index is 683. The van der Waals surface area contributed by atoms with Crippen molar-refractivity contribution in [3.05, 3.63) is 59.4 Å². The molecule has 2 N–H and O–H groups in total. The van der Waals surface area contributed by atoms with Crippen molar-refractivity contribution in [1.82, 2.24) is 10.3 Å². The van der Waals surface area contributed by atoms with Gasteiger partial charge in [-0.3, -0.25) is 14.6 Å². The minimum absolute atomic E-state index is 0.0567. The van der Waals surface area contributed by atoms with E-state index in [-0.39, 0.29) is 11.8 Å². The maximum atomic E-state index is 12.0. The number of aryl methyl sites for hydroxylation is 1. The molecule has 106 valence electrons. The third kappa shape index (κ3) is 3.08. The zero-order chi connectivity index (χ0) is 14.7. The molecule has 0 spiro atoms. The quantitative estimate of drug-likeness (QED) is 0.902. The van der Waals surface area contributed by atoms with Crippen LogP contribution >= 0.6 is 0 Å². The maximum absolute atomic E-state index is 12.0. The molecule has 0 saturated carbocycles. The molecule has 1 aliphatic heterocycles. The van der Waals surface area contributed by atoms with Crippen molar-refractivity contribution in [2.45, 2.75) is 19.4 Å². The highest BCUT2D eigenvalue weighted by Gasteiger charge is 2.14. The summed E-state index contributed by atoms with van der Waals surface area (Å²) in [6.45, 7) is 0.461. The Morgan fingerprint density at radius 2 is 2.00 bits per heavy atom. The summed E-state index contributed by atoms with van der Waals surface area (Å²) in [4.78, 5) is 27.1. The van der Waals surface area contributed by atoms with Gasteiger partial charge < -0.3 is 10.6 Å². The van der Waals surface area contributed by atoms with Gasteiger partial charge in [-0.1, -0.05) is 12.1 Å². The van der Waals surface area contributed by atoms with Gasteiger partial charge in [0.05, 0.1) is 0 Å². The number of nitrogens with one attached hydrogen (secondary N) is 2. The van der Waals surface area contributed by atoms with Crippen LogP contribution in [0, 0.1) is 0 Å². The van der Waals surface area contributed by atoms with Crippen molar-refractivity contribution in [3.8, 4) is 0 Å². The topological polar surface area (TPSA) is 71.1 Å². The van der Waals surface area contributed by atoms with E-state index in [0.717, 1.165) is 23.2 Å². The van der Waals surface area contributed by atoms with E-state index in [2.05, 4.69) is 15.6 Å². The second-order valence-electron chi connectivity index (χ2n) is 4.96. The summed E-state index contributed by atoms with van der Waals surface area (Å²) in [5, 5.41) is 5.72. The van der Waals surface area contributed by atoms with Gasteiger partial charge in [-0.25, -0.2) is 0 Å². The van der Waals surface area contributed by atoms with E-state index >= 15 is 0 Å². The van der Waals surface area contributed by atoms with E-state index in [0.29, 0.717) is 18.5 Å². The Labute approximate surface area is 122 Å². The number of anilines is 1. The fourth-order valence-corrected chi connectivity index (χ4v) is 2.33. The highest BCUT2D eigenvalue weighted by Crippen LogP contribution is 2.23.